The second-order valence-electron chi connectivity index (χ2n) is 5.75. The minimum atomic E-state index is 0.0768. The lowest BCUT2D eigenvalue weighted by atomic mass is 10.1. The maximum atomic E-state index is 12.3. The first-order valence-corrected chi connectivity index (χ1v) is 8.32. The molecule has 1 saturated heterocycles. The van der Waals surface area contributed by atoms with E-state index in [0.29, 0.717) is 48.5 Å². The average Bonchev–Trinajstić information content (AvgIpc) is 2.99. The summed E-state index contributed by atoms with van der Waals surface area (Å²) in [5.41, 5.74) is 0. The fourth-order valence-electron chi connectivity index (χ4n) is 2.68. The molecule has 0 bridgehead atoms. The lowest BCUT2D eigenvalue weighted by Gasteiger charge is -2.32. The van der Waals surface area contributed by atoms with Crippen molar-refractivity contribution in [1.29, 1.82) is 0 Å². The maximum absolute atomic E-state index is 12.3. The van der Waals surface area contributed by atoms with Crippen molar-refractivity contribution in [1.82, 2.24) is 20.1 Å². The Morgan fingerprint density at radius 1 is 1.38 bits per heavy atom. The van der Waals surface area contributed by atoms with Crippen molar-refractivity contribution in [2.75, 3.05) is 13.1 Å². The van der Waals surface area contributed by atoms with Crippen LogP contribution in [0, 0.1) is 6.92 Å². The highest BCUT2D eigenvalue weighted by atomic mass is 35.5. The summed E-state index contributed by atoms with van der Waals surface area (Å²) in [5.74, 6) is 1.80. The molecule has 8 heteroatoms. The summed E-state index contributed by atoms with van der Waals surface area (Å²) in [6.45, 7) is 3.10. The molecule has 24 heavy (non-hydrogen) atoms. The van der Waals surface area contributed by atoms with Crippen molar-refractivity contribution in [2.24, 2.45) is 0 Å². The van der Waals surface area contributed by atoms with E-state index < -0.39 is 0 Å². The van der Waals surface area contributed by atoms with E-state index in [9.17, 15) is 4.79 Å². The zero-order valence-corrected chi connectivity index (χ0v) is 14.2. The van der Waals surface area contributed by atoms with Gasteiger partial charge >= 0.3 is 0 Å². The average molecular weight is 351 g/mol. The van der Waals surface area contributed by atoms with Gasteiger partial charge in [-0.1, -0.05) is 11.6 Å². The predicted octanol–water partition coefficient (Wildman–Crippen LogP) is 2.43. The van der Waals surface area contributed by atoms with Crippen LogP contribution in [0.4, 0.5) is 0 Å². The number of likely N-dealkylation sites (tertiary alicyclic amines) is 1. The number of hydrogen-bond acceptors (Lipinski definition) is 6. The first kappa shape index (κ1) is 16.7. The number of rotatable bonds is 5. The van der Waals surface area contributed by atoms with Crippen LogP contribution in [0.3, 0.4) is 0 Å². The molecule has 3 rings (SSSR count). The van der Waals surface area contributed by atoms with Gasteiger partial charge in [0.05, 0.1) is 11.2 Å². The molecule has 1 aliphatic heterocycles. The number of ether oxygens (including phenoxy) is 1. The van der Waals surface area contributed by atoms with E-state index in [2.05, 4.69) is 15.2 Å². The third-order valence-electron chi connectivity index (χ3n) is 3.90. The van der Waals surface area contributed by atoms with Crippen molar-refractivity contribution in [3.8, 4) is 5.75 Å². The highest BCUT2D eigenvalue weighted by Crippen LogP contribution is 2.21. The number of carbonyl (C=O) groups excluding carboxylic acids is 1. The molecule has 1 aliphatic rings. The summed E-state index contributed by atoms with van der Waals surface area (Å²) in [5, 5.41) is 8.22. The Morgan fingerprint density at radius 3 is 2.83 bits per heavy atom. The number of halogens is 1. The molecule has 1 amide bonds. The first-order chi connectivity index (χ1) is 11.6. The summed E-state index contributed by atoms with van der Waals surface area (Å²) < 4.78 is 11.2. The summed E-state index contributed by atoms with van der Waals surface area (Å²) in [4.78, 5) is 18.1. The minimum Gasteiger partial charge on any atom is -0.489 e. The Bertz CT molecular complexity index is 698. The fourth-order valence-corrected chi connectivity index (χ4v) is 2.85. The fraction of sp³-hybridized carbons (Fsp3) is 0.500. The second-order valence-corrected chi connectivity index (χ2v) is 6.19. The summed E-state index contributed by atoms with van der Waals surface area (Å²) in [7, 11) is 0. The number of aromatic nitrogens is 3. The zero-order chi connectivity index (χ0) is 16.9. The molecule has 7 nitrogen and oxygen atoms in total. The molecule has 2 aromatic rings. The first-order valence-electron chi connectivity index (χ1n) is 7.94. The van der Waals surface area contributed by atoms with E-state index in [0.717, 1.165) is 12.8 Å². The third-order valence-corrected chi connectivity index (χ3v) is 4.10. The minimum absolute atomic E-state index is 0.0768. The molecule has 128 valence electrons. The van der Waals surface area contributed by atoms with Crippen LogP contribution in [0.15, 0.2) is 22.9 Å². The van der Waals surface area contributed by atoms with Crippen molar-refractivity contribution < 1.29 is 13.9 Å². The van der Waals surface area contributed by atoms with Gasteiger partial charge in [-0.05, 0) is 0 Å². The molecule has 2 aromatic heterocycles. The van der Waals surface area contributed by atoms with Gasteiger partial charge in [0, 0.05) is 58.0 Å². The number of pyridine rings is 1. The van der Waals surface area contributed by atoms with Crippen LogP contribution >= 0.6 is 11.6 Å². The third kappa shape index (κ3) is 4.44. The Balaban J connectivity index is 1.43. The van der Waals surface area contributed by atoms with Crippen LogP contribution in [0.5, 0.6) is 5.75 Å². The quantitative estimate of drug-likeness (QED) is 0.823. The van der Waals surface area contributed by atoms with Gasteiger partial charge in [-0.15, -0.1) is 10.2 Å². The Kier molecular flexibility index (Phi) is 5.30. The van der Waals surface area contributed by atoms with E-state index in [1.54, 1.807) is 25.4 Å². The van der Waals surface area contributed by atoms with Gasteiger partial charge in [0.15, 0.2) is 0 Å². The largest absolute Gasteiger partial charge is 0.489 e. The highest BCUT2D eigenvalue weighted by molar-refractivity contribution is 6.30. The predicted molar refractivity (Wildman–Crippen MR) is 86.8 cm³/mol. The smallest absolute Gasteiger partial charge is 0.223 e. The Morgan fingerprint density at radius 2 is 2.17 bits per heavy atom. The number of nitrogens with zero attached hydrogens (tertiary/aromatic N) is 4. The van der Waals surface area contributed by atoms with Crippen LogP contribution in [0.1, 0.15) is 31.0 Å². The number of hydrogen-bond donors (Lipinski definition) is 0. The van der Waals surface area contributed by atoms with Crippen molar-refractivity contribution in [3.05, 3.63) is 35.3 Å². The van der Waals surface area contributed by atoms with Gasteiger partial charge in [-0.2, -0.15) is 0 Å². The highest BCUT2D eigenvalue weighted by Gasteiger charge is 2.24. The van der Waals surface area contributed by atoms with E-state index in [4.69, 9.17) is 20.8 Å². The van der Waals surface area contributed by atoms with Crippen LogP contribution < -0.4 is 4.74 Å². The lowest BCUT2D eigenvalue weighted by molar-refractivity contribution is -0.133. The molecule has 0 aliphatic carbocycles. The van der Waals surface area contributed by atoms with Gasteiger partial charge in [0.2, 0.25) is 17.7 Å². The van der Waals surface area contributed by atoms with E-state index >= 15 is 0 Å². The van der Waals surface area contributed by atoms with Crippen LogP contribution in [0.25, 0.3) is 0 Å². The molecule has 1 fully saturated rings. The normalized spacial score (nSPS) is 15.5. The molecule has 0 atom stereocenters. The van der Waals surface area contributed by atoms with Crippen LogP contribution in [-0.4, -0.2) is 45.2 Å². The summed E-state index contributed by atoms with van der Waals surface area (Å²) in [6, 6.07) is 1.75. The molecule has 0 N–H and O–H groups in total. The summed E-state index contributed by atoms with van der Waals surface area (Å²) >= 11 is 5.90. The molecule has 0 saturated carbocycles. The van der Waals surface area contributed by atoms with Gasteiger partial charge in [0.1, 0.15) is 11.9 Å². The van der Waals surface area contributed by atoms with E-state index in [-0.39, 0.29) is 12.0 Å². The monoisotopic (exact) mass is 350 g/mol. The van der Waals surface area contributed by atoms with Crippen LogP contribution in [-0.2, 0) is 11.2 Å². The molecule has 0 aromatic carbocycles. The molecular formula is C16H19ClN4O3. The van der Waals surface area contributed by atoms with Gasteiger partial charge in [0.25, 0.3) is 0 Å². The van der Waals surface area contributed by atoms with Gasteiger partial charge in [-0.25, -0.2) is 0 Å². The second kappa shape index (κ2) is 7.61. The van der Waals surface area contributed by atoms with E-state index in [1.807, 2.05) is 4.90 Å². The standard InChI is InChI=1S/C16H19ClN4O3/c1-11-19-20-15(23-11)2-3-16(22)21-6-4-13(5-7-21)24-14-8-12(17)9-18-10-14/h8-10,13H,2-7H2,1H3. The van der Waals surface area contributed by atoms with Gasteiger partial charge < -0.3 is 14.1 Å². The number of aryl methyl sites for hydroxylation is 2. The Labute approximate surface area is 145 Å². The molecular weight excluding hydrogens is 332 g/mol. The SMILES string of the molecule is Cc1nnc(CCC(=O)N2CCC(Oc3cncc(Cl)c3)CC2)o1. The summed E-state index contributed by atoms with van der Waals surface area (Å²) in [6.07, 6.45) is 5.73. The molecule has 0 spiro atoms. The maximum Gasteiger partial charge on any atom is 0.223 e. The van der Waals surface area contributed by atoms with Crippen LogP contribution in [0.2, 0.25) is 5.02 Å². The lowest BCUT2D eigenvalue weighted by Crippen LogP contribution is -2.41. The number of carbonyl (C=O) groups is 1. The molecule has 3 heterocycles. The number of amides is 1. The topological polar surface area (TPSA) is 81.4 Å². The zero-order valence-electron chi connectivity index (χ0n) is 13.4. The van der Waals surface area contributed by atoms with Crippen molar-refractivity contribution in [3.63, 3.8) is 0 Å². The molecule has 0 unspecified atom stereocenters. The van der Waals surface area contributed by atoms with Crippen molar-refractivity contribution >= 4 is 17.5 Å². The molecule has 0 radical (unpaired) electrons. The van der Waals surface area contributed by atoms with Gasteiger partial charge in [-0.3, -0.25) is 9.78 Å². The van der Waals surface area contributed by atoms with E-state index in [1.165, 1.54) is 0 Å². The Hall–Kier alpha value is -2.15. The van der Waals surface area contributed by atoms with Crippen molar-refractivity contribution in [2.45, 2.75) is 38.7 Å². The number of piperidine rings is 1.